The Kier molecular flexibility index (Phi) is 2.73. The standard InChI is InChI=1S/C10H7F6NO/c11-9(12,13)4-1-5-7(17)3-18-8(5)6(2-4)10(14,15)16/h1-2,7H,3,17H2/t7-/m1/s1. The summed E-state index contributed by atoms with van der Waals surface area (Å²) in [6, 6.07) is -0.345. The highest BCUT2D eigenvalue weighted by Crippen LogP contribution is 2.46. The summed E-state index contributed by atoms with van der Waals surface area (Å²) in [6.45, 7) is -0.264. The first-order valence-electron chi connectivity index (χ1n) is 4.81. The third-order valence-electron chi connectivity index (χ3n) is 2.56. The average Bonchev–Trinajstić information content (AvgIpc) is 2.56. The summed E-state index contributed by atoms with van der Waals surface area (Å²) in [5.74, 6) is -0.608. The first kappa shape index (κ1) is 13.0. The summed E-state index contributed by atoms with van der Waals surface area (Å²) in [5.41, 5.74) is 2.32. The van der Waals surface area contributed by atoms with Gasteiger partial charge in [-0.3, -0.25) is 0 Å². The molecule has 0 radical (unpaired) electrons. The van der Waals surface area contributed by atoms with Crippen molar-refractivity contribution >= 4 is 0 Å². The highest BCUT2D eigenvalue weighted by Gasteiger charge is 2.42. The molecule has 1 heterocycles. The number of halogens is 6. The maximum atomic E-state index is 12.7. The Bertz CT molecular complexity index is 478. The van der Waals surface area contributed by atoms with Crippen molar-refractivity contribution in [2.24, 2.45) is 5.73 Å². The molecule has 0 saturated heterocycles. The van der Waals surface area contributed by atoms with Gasteiger partial charge in [0.15, 0.2) is 0 Å². The van der Waals surface area contributed by atoms with E-state index < -0.39 is 35.3 Å². The molecule has 0 aromatic heterocycles. The second-order valence-corrected chi connectivity index (χ2v) is 3.86. The van der Waals surface area contributed by atoms with Crippen molar-refractivity contribution in [3.05, 3.63) is 28.8 Å². The van der Waals surface area contributed by atoms with Gasteiger partial charge >= 0.3 is 12.4 Å². The zero-order chi connectivity index (χ0) is 13.7. The third-order valence-corrected chi connectivity index (χ3v) is 2.56. The summed E-state index contributed by atoms with van der Waals surface area (Å²) in [7, 11) is 0. The molecule has 2 rings (SSSR count). The number of benzene rings is 1. The Morgan fingerprint density at radius 1 is 1.06 bits per heavy atom. The first-order valence-corrected chi connectivity index (χ1v) is 4.81. The van der Waals surface area contributed by atoms with Gasteiger partial charge in [0.1, 0.15) is 12.4 Å². The molecule has 2 nitrogen and oxygen atoms in total. The molecule has 0 spiro atoms. The van der Waals surface area contributed by atoms with Gasteiger partial charge in [-0.2, -0.15) is 26.3 Å². The molecule has 0 amide bonds. The number of nitrogens with two attached hydrogens (primary N) is 1. The summed E-state index contributed by atoms with van der Waals surface area (Å²) in [5, 5.41) is 0. The fourth-order valence-corrected chi connectivity index (χ4v) is 1.72. The Labute approximate surface area is 97.3 Å². The summed E-state index contributed by atoms with van der Waals surface area (Å²) < 4.78 is 80.2. The summed E-state index contributed by atoms with van der Waals surface area (Å²) in [6.07, 6.45) is -9.78. The monoisotopic (exact) mass is 271 g/mol. The molecule has 0 saturated carbocycles. The predicted molar refractivity (Wildman–Crippen MR) is 48.9 cm³/mol. The predicted octanol–water partition coefficient (Wildman–Crippen LogP) is 3.12. The molecular formula is C10H7F6NO. The Balaban J connectivity index is 2.67. The van der Waals surface area contributed by atoms with Gasteiger partial charge in [-0.05, 0) is 12.1 Å². The molecule has 0 fully saturated rings. The van der Waals surface area contributed by atoms with Crippen molar-refractivity contribution < 1.29 is 31.1 Å². The number of hydrogen-bond donors (Lipinski definition) is 1. The Hall–Kier alpha value is -1.44. The van der Waals surface area contributed by atoms with Gasteiger partial charge in [0.2, 0.25) is 0 Å². The van der Waals surface area contributed by atoms with Gasteiger partial charge in [-0.25, -0.2) is 0 Å². The molecule has 1 aromatic rings. The third kappa shape index (κ3) is 2.12. The topological polar surface area (TPSA) is 35.2 Å². The van der Waals surface area contributed by atoms with E-state index in [0.29, 0.717) is 6.07 Å². The number of fused-ring (bicyclic) bond motifs is 1. The molecule has 0 bridgehead atoms. The maximum absolute atomic E-state index is 12.7. The minimum atomic E-state index is -4.92. The van der Waals surface area contributed by atoms with Gasteiger partial charge in [0, 0.05) is 5.56 Å². The second-order valence-electron chi connectivity index (χ2n) is 3.86. The number of hydrogen-bond acceptors (Lipinski definition) is 2. The van der Waals surface area contributed by atoms with Gasteiger partial charge in [-0.1, -0.05) is 0 Å². The lowest BCUT2D eigenvalue weighted by molar-refractivity contribution is -0.143. The summed E-state index contributed by atoms with van der Waals surface area (Å²) in [4.78, 5) is 0. The second kappa shape index (κ2) is 3.78. The maximum Gasteiger partial charge on any atom is 0.419 e. The van der Waals surface area contributed by atoms with Crippen LogP contribution in [0.15, 0.2) is 12.1 Å². The molecule has 1 atom stereocenters. The van der Waals surface area contributed by atoms with Crippen molar-refractivity contribution in [2.75, 3.05) is 6.61 Å². The van der Waals surface area contributed by atoms with E-state index in [2.05, 4.69) is 0 Å². The molecule has 0 unspecified atom stereocenters. The molecule has 1 aromatic carbocycles. The van der Waals surface area contributed by atoms with Crippen LogP contribution in [0.2, 0.25) is 0 Å². The molecule has 8 heteroatoms. The zero-order valence-corrected chi connectivity index (χ0v) is 8.69. The largest absolute Gasteiger partial charge is 0.491 e. The number of rotatable bonds is 0. The van der Waals surface area contributed by atoms with Crippen LogP contribution in [0.25, 0.3) is 0 Å². The van der Waals surface area contributed by atoms with Crippen molar-refractivity contribution in [1.82, 2.24) is 0 Å². The van der Waals surface area contributed by atoms with Crippen molar-refractivity contribution in [3.63, 3.8) is 0 Å². The van der Waals surface area contributed by atoms with Gasteiger partial charge in [0.25, 0.3) is 0 Å². The van der Waals surface area contributed by atoms with Crippen molar-refractivity contribution in [3.8, 4) is 5.75 Å². The van der Waals surface area contributed by atoms with Crippen LogP contribution in [-0.4, -0.2) is 6.61 Å². The van der Waals surface area contributed by atoms with E-state index >= 15 is 0 Å². The van der Waals surface area contributed by atoms with E-state index in [4.69, 9.17) is 10.5 Å². The van der Waals surface area contributed by atoms with Gasteiger partial charge in [0.05, 0.1) is 17.2 Å². The van der Waals surface area contributed by atoms with Crippen LogP contribution in [-0.2, 0) is 12.4 Å². The van der Waals surface area contributed by atoms with Crippen LogP contribution in [0.5, 0.6) is 5.75 Å². The molecule has 1 aliphatic heterocycles. The van der Waals surface area contributed by atoms with E-state index in [9.17, 15) is 26.3 Å². The molecule has 100 valence electrons. The highest BCUT2D eigenvalue weighted by molar-refractivity contribution is 5.50. The highest BCUT2D eigenvalue weighted by atomic mass is 19.4. The van der Waals surface area contributed by atoms with Gasteiger partial charge < -0.3 is 10.5 Å². The zero-order valence-electron chi connectivity index (χ0n) is 8.69. The van der Waals surface area contributed by atoms with E-state index in [1.165, 1.54) is 0 Å². The molecular weight excluding hydrogens is 264 g/mol. The first-order chi connectivity index (χ1) is 8.10. The normalized spacial score (nSPS) is 19.6. The Morgan fingerprint density at radius 3 is 2.17 bits per heavy atom. The summed E-state index contributed by atoms with van der Waals surface area (Å²) >= 11 is 0. The number of alkyl halides is 6. The lowest BCUT2D eigenvalue weighted by atomic mass is 10.0. The molecule has 0 aliphatic carbocycles. The SMILES string of the molecule is N[C@@H]1COc2c1cc(C(F)(F)F)cc2C(F)(F)F. The Morgan fingerprint density at radius 2 is 1.67 bits per heavy atom. The van der Waals surface area contributed by atoms with E-state index in [0.717, 1.165) is 0 Å². The molecule has 1 aliphatic rings. The fraction of sp³-hybridized carbons (Fsp3) is 0.400. The van der Waals surface area contributed by atoms with Gasteiger partial charge in [-0.15, -0.1) is 0 Å². The van der Waals surface area contributed by atoms with E-state index in [1.807, 2.05) is 0 Å². The van der Waals surface area contributed by atoms with Crippen LogP contribution in [0.4, 0.5) is 26.3 Å². The van der Waals surface area contributed by atoms with Crippen molar-refractivity contribution in [1.29, 1.82) is 0 Å². The molecule has 2 N–H and O–H groups in total. The number of ether oxygens (including phenoxy) is 1. The lowest BCUT2D eigenvalue weighted by Crippen LogP contribution is -2.13. The molecule has 18 heavy (non-hydrogen) atoms. The van der Waals surface area contributed by atoms with E-state index in [1.54, 1.807) is 0 Å². The van der Waals surface area contributed by atoms with Crippen molar-refractivity contribution in [2.45, 2.75) is 18.4 Å². The van der Waals surface area contributed by atoms with Crippen LogP contribution >= 0.6 is 0 Å². The minimum absolute atomic E-state index is 0.0386. The van der Waals surface area contributed by atoms with E-state index in [-0.39, 0.29) is 18.2 Å². The van der Waals surface area contributed by atoms with Crippen LogP contribution in [0, 0.1) is 0 Å². The van der Waals surface area contributed by atoms with Crippen LogP contribution < -0.4 is 10.5 Å². The quantitative estimate of drug-likeness (QED) is 0.736. The smallest absolute Gasteiger partial charge is 0.419 e. The van der Waals surface area contributed by atoms with Crippen LogP contribution in [0.3, 0.4) is 0 Å². The fourth-order valence-electron chi connectivity index (χ4n) is 1.72. The lowest BCUT2D eigenvalue weighted by Gasteiger charge is -2.15. The van der Waals surface area contributed by atoms with Crippen LogP contribution in [0.1, 0.15) is 22.7 Å². The average molecular weight is 271 g/mol. The minimum Gasteiger partial charge on any atom is -0.491 e.